The van der Waals surface area contributed by atoms with Gasteiger partial charge in [0.1, 0.15) is 11.6 Å². The van der Waals surface area contributed by atoms with E-state index in [4.69, 9.17) is 11.5 Å². The van der Waals surface area contributed by atoms with Crippen LogP contribution in [0.15, 0.2) is 43.0 Å². The molecule has 0 radical (unpaired) electrons. The molecule has 2 heterocycles. The molecular weight excluding hydrogens is 316 g/mol. The highest BCUT2D eigenvalue weighted by molar-refractivity contribution is 5.87. The van der Waals surface area contributed by atoms with Crippen molar-refractivity contribution in [1.82, 2.24) is 9.88 Å². The van der Waals surface area contributed by atoms with E-state index < -0.39 is 0 Å². The number of benzene rings is 1. The van der Waals surface area contributed by atoms with Gasteiger partial charge in [-0.05, 0) is 43.7 Å². The second-order valence-corrected chi connectivity index (χ2v) is 5.82. The third kappa shape index (κ3) is 4.67. The number of likely N-dealkylation sites (tertiary alicyclic amines) is 1. The number of nitrogens with one attached hydrogen (secondary N) is 1. The van der Waals surface area contributed by atoms with Crippen molar-refractivity contribution in [2.45, 2.75) is 13.3 Å². The zero-order valence-electron chi connectivity index (χ0n) is 14.3. The lowest BCUT2D eigenvalue weighted by Gasteiger charge is -2.29. The summed E-state index contributed by atoms with van der Waals surface area (Å²) in [6.07, 6.45) is 4.26. The molecule has 1 amide bonds. The molecule has 1 aromatic heterocycles. The van der Waals surface area contributed by atoms with Gasteiger partial charge in [0, 0.05) is 35.6 Å². The van der Waals surface area contributed by atoms with Crippen LogP contribution in [0.2, 0.25) is 0 Å². The van der Waals surface area contributed by atoms with Gasteiger partial charge in [-0.1, -0.05) is 18.7 Å². The highest BCUT2D eigenvalue weighted by Gasteiger charge is 2.16. The topological polar surface area (TPSA) is 108 Å². The van der Waals surface area contributed by atoms with Gasteiger partial charge in [-0.3, -0.25) is 4.79 Å². The molecule has 0 saturated carbocycles. The summed E-state index contributed by atoms with van der Waals surface area (Å²) in [5.74, 6) is 0.796. The predicted molar refractivity (Wildman–Crippen MR) is 102 cm³/mol. The molecular formula is C19H24N4O2. The third-order valence-electron chi connectivity index (χ3n) is 3.88. The number of phenolic OH excluding ortho intramolecular Hbond substituents is 1. The monoisotopic (exact) mass is 340 g/mol. The van der Waals surface area contributed by atoms with E-state index in [0.717, 1.165) is 30.8 Å². The molecule has 1 aliphatic rings. The molecule has 3 rings (SSSR count). The molecule has 0 unspecified atom stereocenters. The van der Waals surface area contributed by atoms with Gasteiger partial charge in [-0.2, -0.15) is 0 Å². The van der Waals surface area contributed by atoms with Crippen molar-refractivity contribution < 1.29 is 9.90 Å². The van der Waals surface area contributed by atoms with Crippen molar-refractivity contribution in [2.75, 3.05) is 18.8 Å². The largest absolute Gasteiger partial charge is 0.507 e. The minimum absolute atomic E-state index is 0.0660. The number of nitrogens with zero attached hydrogens (tertiary/aromatic N) is 1. The third-order valence-corrected chi connectivity index (χ3v) is 3.88. The van der Waals surface area contributed by atoms with Crippen molar-refractivity contribution in [3.63, 3.8) is 0 Å². The number of anilines is 1. The summed E-state index contributed by atoms with van der Waals surface area (Å²) in [6, 6.07) is 8.84. The molecule has 0 atom stereocenters. The Morgan fingerprint density at radius 2 is 2.04 bits per heavy atom. The zero-order valence-corrected chi connectivity index (χ0v) is 14.3. The molecule has 6 nitrogen and oxygen atoms in total. The highest BCUT2D eigenvalue weighted by Crippen LogP contribution is 2.24. The summed E-state index contributed by atoms with van der Waals surface area (Å²) in [7, 11) is 0. The van der Waals surface area contributed by atoms with Crippen molar-refractivity contribution in [3.8, 4) is 5.75 Å². The molecule has 6 heteroatoms. The molecule has 132 valence electrons. The maximum atomic E-state index is 10.6. The number of aryl methyl sites for hydroxylation is 1. The summed E-state index contributed by atoms with van der Waals surface area (Å²) in [5, 5.41) is 9.67. The molecule has 1 aromatic carbocycles. The van der Waals surface area contributed by atoms with Crippen molar-refractivity contribution in [3.05, 3.63) is 59.8 Å². The molecule has 1 aliphatic heterocycles. The molecule has 1 saturated heterocycles. The van der Waals surface area contributed by atoms with Crippen molar-refractivity contribution in [2.24, 2.45) is 5.73 Å². The summed E-state index contributed by atoms with van der Waals surface area (Å²) in [4.78, 5) is 15.4. The Hall–Kier alpha value is -3.15. The van der Waals surface area contributed by atoms with E-state index >= 15 is 0 Å². The van der Waals surface area contributed by atoms with Crippen LogP contribution in [-0.4, -0.2) is 34.0 Å². The lowest BCUT2D eigenvalue weighted by atomic mass is 10.1. The fourth-order valence-corrected chi connectivity index (χ4v) is 2.38. The number of rotatable bonds is 3. The van der Waals surface area contributed by atoms with Crippen LogP contribution in [0.25, 0.3) is 11.8 Å². The van der Waals surface area contributed by atoms with Crippen LogP contribution in [0.3, 0.4) is 0 Å². The number of carbonyl (C=O) groups excluding carboxylic acids is 1. The fourth-order valence-electron chi connectivity index (χ4n) is 2.38. The van der Waals surface area contributed by atoms with Crippen molar-refractivity contribution >= 4 is 23.5 Å². The average Bonchev–Trinajstić information content (AvgIpc) is 2.84. The first-order valence-corrected chi connectivity index (χ1v) is 8.04. The smallest absolute Gasteiger partial charge is 0.245 e. The number of hydrogen-bond donors (Lipinski definition) is 4. The van der Waals surface area contributed by atoms with E-state index in [0.29, 0.717) is 17.1 Å². The number of nitrogens with two attached hydrogens (primary N) is 2. The Bertz CT molecular complexity index is 788. The Labute approximate surface area is 147 Å². The summed E-state index contributed by atoms with van der Waals surface area (Å²) >= 11 is 0. The van der Waals surface area contributed by atoms with Crippen LogP contribution in [-0.2, 0) is 4.79 Å². The summed E-state index contributed by atoms with van der Waals surface area (Å²) < 4.78 is 0. The predicted octanol–water partition coefficient (Wildman–Crippen LogP) is 2.47. The van der Waals surface area contributed by atoms with Crippen LogP contribution < -0.4 is 11.5 Å². The van der Waals surface area contributed by atoms with Gasteiger partial charge in [-0.15, -0.1) is 0 Å². The molecule has 1 fully saturated rings. The fraction of sp³-hybridized carbons (Fsp3) is 0.211. The summed E-state index contributed by atoms with van der Waals surface area (Å²) in [5.41, 5.74) is 14.6. The number of nitrogen functional groups attached to an aromatic ring is 1. The second-order valence-electron chi connectivity index (χ2n) is 5.82. The standard InChI is InChI=1S/C13H15N3O.C6H9NO/c1-8-6-9(13(15)16-8)7-11(14)10-4-2-3-5-12(10)17;1-2-6(8)7-4-3-5-7/h2-7,16-17H,14-15H2,1H3;2H,1,3-5H2/b11-7-;. The molecule has 2 aromatic rings. The van der Waals surface area contributed by atoms with Gasteiger partial charge < -0.3 is 26.5 Å². The van der Waals surface area contributed by atoms with Crippen LogP contribution >= 0.6 is 0 Å². The van der Waals surface area contributed by atoms with Crippen LogP contribution in [0.1, 0.15) is 23.2 Å². The number of amides is 1. The maximum absolute atomic E-state index is 10.6. The number of carbonyl (C=O) groups is 1. The number of aromatic hydroxyl groups is 1. The number of hydrogen-bond acceptors (Lipinski definition) is 4. The minimum Gasteiger partial charge on any atom is -0.507 e. The molecule has 25 heavy (non-hydrogen) atoms. The minimum atomic E-state index is 0.0660. The number of H-pyrrole nitrogens is 1. The Balaban J connectivity index is 0.000000236. The zero-order chi connectivity index (χ0) is 18.4. The van der Waals surface area contributed by atoms with Gasteiger partial charge in [0.15, 0.2) is 0 Å². The van der Waals surface area contributed by atoms with Crippen LogP contribution in [0.4, 0.5) is 5.82 Å². The Morgan fingerprint density at radius 1 is 1.36 bits per heavy atom. The first-order valence-electron chi connectivity index (χ1n) is 8.04. The van der Waals surface area contributed by atoms with Gasteiger partial charge >= 0.3 is 0 Å². The van der Waals surface area contributed by atoms with E-state index in [1.54, 1.807) is 29.2 Å². The van der Waals surface area contributed by atoms with E-state index in [-0.39, 0.29) is 11.7 Å². The molecule has 0 bridgehead atoms. The van der Waals surface area contributed by atoms with Crippen LogP contribution in [0.5, 0.6) is 5.75 Å². The number of phenols is 1. The first-order chi connectivity index (χ1) is 11.9. The van der Waals surface area contributed by atoms with Gasteiger partial charge in [0.2, 0.25) is 5.91 Å². The molecule has 6 N–H and O–H groups in total. The van der Waals surface area contributed by atoms with Gasteiger partial charge in [0.25, 0.3) is 0 Å². The second kappa shape index (κ2) is 8.10. The Morgan fingerprint density at radius 3 is 2.48 bits per heavy atom. The number of aromatic nitrogens is 1. The first kappa shape index (κ1) is 18.2. The van der Waals surface area contributed by atoms with E-state index in [1.807, 2.05) is 19.1 Å². The highest BCUT2D eigenvalue weighted by atomic mass is 16.3. The lowest BCUT2D eigenvalue weighted by Crippen LogP contribution is -2.40. The maximum Gasteiger partial charge on any atom is 0.245 e. The SMILES string of the molecule is C=CC(=O)N1CCC1.Cc1cc(/C=C(\N)c2ccccc2O)c(N)[nH]1. The number of aromatic amines is 1. The van der Waals surface area contributed by atoms with Gasteiger partial charge in [0.05, 0.1) is 0 Å². The average molecular weight is 340 g/mol. The van der Waals surface area contributed by atoms with E-state index in [9.17, 15) is 9.90 Å². The normalized spacial score (nSPS) is 13.5. The molecule has 0 spiro atoms. The lowest BCUT2D eigenvalue weighted by molar-refractivity contribution is -0.129. The quantitative estimate of drug-likeness (QED) is 0.644. The van der Waals surface area contributed by atoms with E-state index in [2.05, 4.69) is 11.6 Å². The van der Waals surface area contributed by atoms with Crippen LogP contribution in [0, 0.1) is 6.92 Å². The van der Waals surface area contributed by atoms with E-state index in [1.165, 1.54) is 6.08 Å². The molecule has 0 aliphatic carbocycles. The van der Waals surface area contributed by atoms with Gasteiger partial charge in [-0.25, -0.2) is 0 Å². The summed E-state index contributed by atoms with van der Waals surface area (Å²) in [6.45, 7) is 7.14. The Kier molecular flexibility index (Phi) is 5.89. The number of para-hydroxylation sites is 1. The van der Waals surface area contributed by atoms with Crippen molar-refractivity contribution in [1.29, 1.82) is 0 Å².